The van der Waals surface area contributed by atoms with Crippen LogP contribution in [0.4, 0.5) is 0 Å². The number of nitrogens with zero attached hydrogens (tertiary/aromatic N) is 4. The van der Waals surface area contributed by atoms with E-state index in [1.807, 2.05) is 18.2 Å². The second kappa shape index (κ2) is 7.21. The normalized spacial score (nSPS) is 18.1. The first-order valence-corrected chi connectivity index (χ1v) is 8.99. The highest BCUT2D eigenvalue weighted by atomic mass is 16.1. The van der Waals surface area contributed by atoms with Gasteiger partial charge in [0, 0.05) is 25.4 Å². The second-order valence-corrected chi connectivity index (χ2v) is 6.75. The van der Waals surface area contributed by atoms with Crippen LogP contribution in [0.5, 0.6) is 0 Å². The lowest BCUT2D eigenvalue weighted by atomic mass is 9.97. The lowest BCUT2D eigenvalue weighted by molar-refractivity contribution is -0.126. The van der Waals surface area contributed by atoms with E-state index in [1.54, 1.807) is 4.68 Å². The summed E-state index contributed by atoms with van der Waals surface area (Å²) in [6.07, 6.45) is 2.20. The number of fused-ring (bicyclic) bond motifs is 2. The van der Waals surface area contributed by atoms with Gasteiger partial charge >= 0.3 is 0 Å². The van der Waals surface area contributed by atoms with E-state index in [4.69, 9.17) is 5.73 Å². The van der Waals surface area contributed by atoms with Gasteiger partial charge in [-0.15, -0.1) is 5.10 Å². The third-order valence-corrected chi connectivity index (χ3v) is 5.11. The molecule has 7 nitrogen and oxygen atoms in total. The highest BCUT2D eigenvalue weighted by Crippen LogP contribution is 2.22. The fourth-order valence-electron chi connectivity index (χ4n) is 3.56. The van der Waals surface area contributed by atoms with Crippen LogP contribution in [0.2, 0.25) is 0 Å². The third-order valence-electron chi connectivity index (χ3n) is 5.11. The maximum Gasteiger partial charge on any atom is 0.223 e. The molecule has 2 heterocycles. The van der Waals surface area contributed by atoms with E-state index in [1.165, 1.54) is 5.39 Å². The number of rotatable bonds is 4. The van der Waals surface area contributed by atoms with Crippen molar-refractivity contribution in [3.05, 3.63) is 53.9 Å². The van der Waals surface area contributed by atoms with Crippen molar-refractivity contribution in [2.45, 2.75) is 31.8 Å². The van der Waals surface area contributed by atoms with Crippen LogP contribution >= 0.6 is 0 Å². The van der Waals surface area contributed by atoms with Gasteiger partial charge in [0.2, 0.25) is 5.91 Å². The van der Waals surface area contributed by atoms with Gasteiger partial charge in [-0.3, -0.25) is 4.79 Å². The molecular formula is C19H22N6O. The van der Waals surface area contributed by atoms with E-state index in [0.29, 0.717) is 19.5 Å². The summed E-state index contributed by atoms with van der Waals surface area (Å²) in [6.45, 7) is 1.04. The topological polar surface area (TPSA) is 98.7 Å². The quantitative estimate of drug-likeness (QED) is 0.744. The first-order chi connectivity index (χ1) is 12.7. The van der Waals surface area contributed by atoms with Crippen LogP contribution in [0, 0.1) is 5.92 Å². The smallest absolute Gasteiger partial charge is 0.223 e. The molecule has 1 aliphatic rings. The van der Waals surface area contributed by atoms with Gasteiger partial charge in [-0.25, -0.2) is 4.68 Å². The standard InChI is InChI=1S/C19H22N6O/c20-12-17(16-6-5-13-3-1-2-4-15(13)11-16)21-19(26)14-7-8-18-22-23-24-25(18)10-9-14/h1-6,11,14,17H,7-10,12,20H2,(H,21,26). The minimum Gasteiger partial charge on any atom is -0.348 e. The fraction of sp³-hybridized carbons (Fsp3) is 0.368. The Hall–Kier alpha value is -2.80. The van der Waals surface area contributed by atoms with Crippen molar-refractivity contribution >= 4 is 16.7 Å². The molecule has 0 saturated carbocycles. The summed E-state index contributed by atoms with van der Waals surface area (Å²) in [5.41, 5.74) is 7.00. The van der Waals surface area contributed by atoms with Crippen LogP contribution in [-0.4, -0.2) is 32.7 Å². The number of nitrogens with one attached hydrogen (secondary N) is 1. The summed E-state index contributed by atoms with van der Waals surface area (Å²) < 4.78 is 1.79. The van der Waals surface area contributed by atoms with E-state index < -0.39 is 0 Å². The summed E-state index contributed by atoms with van der Waals surface area (Å²) in [4.78, 5) is 12.8. The molecule has 134 valence electrons. The zero-order valence-electron chi connectivity index (χ0n) is 14.5. The summed E-state index contributed by atoms with van der Waals surface area (Å²) in [5, 5.41) is 17.1. The number of carbonyl (C=O) groups excluding carboxylic acids is 1. The van der Waals surface area contributed by atoms with Gasteiger partial charge in [0.05, 0.1) is 6.04 Å². The van der Waals surface area contributed by atoms with E-state index in [2.05, 4.69) is 45.1 Å². The number of benzene rings is 2. The Balaban J connectivity index is 1.47. The van der Waals surface area contributed by atoms with E-state index in [-0.39, 0.29) is 17.9 Å². The fourth-order valence-corrected chi connectivity index (χ4v) is 3.56. The maximum absolute atomic E-state index is 12.8. The molecule has 4 rings (SSSR count). The summed E-state index contributed by atoms with van der Waals surface area (Å²) in [6, 6.07) is 14.2. The highest BCUT2D eigenvalue weighted by molar-refractivity contribution is 5.83. The number of tetrazole rings is 1. The summed E-state index contributed by atoms with van der Waals surface area (Å²) >= 11 is 0. The molecule has 2 unspecified atom stereocenters. The van der Waals surface area contributed by atoms with E-state index in [9.17, 15) is 4.79 Å². The average Bonchev–Trinajstić information content (AvgIpc) is 3.03. The Morgan fingerprint density at radius 3 is 2.92 bits per heavy atom. The van der Waals surface area contributed by atoms with Gasteiger partial charge in [-0.05, 0) is 45.7 Å². The molecule has 0 radical (unpaired) electrons. The summed E-state index contributed by atoms with van der Waals surface area (Å²) in [7, 11) is 0. The Bertz CT molecular complexity index is 899. The van der Waals surface area contributed by atoms with Crippen molar-refractivity contribution in [1.82, 2.24) is 25.5 Å². The Labute approximate surface area is 151 Å². The van der Waals surface area contributed by atoms with Crippen LogP contribution in [0.15, 0.2) is 42.5 Å². The minimum atomic E-state index is -0.188. The van der Waals surface area contributed by atoms with Gasteiger partial charge < -0.3 is 11.1 Å². The molecule has 2 atom stereocenters. The number of aryl methyl sites for hydroxylation is 2. The maximum atomic E-state index is 12.8. The lowest BCUT2D eigenvalue weighted by Crippen LogP contribution is -2.37. The van der Waals surface area contributed by atoms with Crippen LogP contribution in [0.3, 0.4) is 0 Å². The zero-order valence-corrected chi connectivity index (χ0v) is 14.5. The first-order valence-electron chi connectivity index (χ1n) is 8.99. The van der Waals surface area contributed by atoms with Crippen molar-refractivity contribution in [1.29, 1.82) is 0 Å². The van der Waals surface area contributed by atoms with Crippen molar-refractivity contribution in [2.75, 3.05) is 6.54 Å². The second-order valence-electron chi connectivity index (χ2n) is 6.75. The van der Waals surface area contributed by atoms with Gasteiger partial charge in [0.25, 0.3) is 0 Å². The predicted octanol–water partition coefficient (Wildman–Crippen LogP) is 1.59. The van der Waals surface area contributed by atoms with Crippen molar-refractivity contribution in [2.24, 2.45) is 11.7 Å². The molecule has 0 bridgehead atoms. The van der Waals surface area contributed by atoms with E-state index in [0.717, 1.165) is 29.6 Å². The molecule has 0 fully saturated rings. The van der Waals surface area contributed by atoms with Crippen LogP contribution in [-0.2, 0) is 17.8 Å². The van der Waals surface area contributed by atoms with Gasteiger partial charge in [-0.1, -0.05) is 36.4 Å². The monoisotopic (exact) mass is 350 g/mol. The SMILES string of the molecule is NCC(NC(=O)C1CCc2nnnn2CC1)c1ccc2ccccc2c1. The molecule has 3 aromatic rings. The number of carbonyl (C=O) groups is 1. The highest BCUT2D eigenvalue weighted by Gasteiger charge is 2.25. The zero-order chi connectivity index (χ0) is 17.9. The molecular weight excluding hydrogens is 328 g/mol. The Morgan fingerprint density at radius 2 is 2.08 bits per heavy atom. The lowest BCUT2D eigenvalue weighted by Gasteiger charge is -2.21. The van der Waals surface area contributed by atoms with Gasteiger partial charge in [0.15, 0.2) is 5.82 Å². The van der Waals surface area contributed by atoms with Crippen molar-refractivity contribution in [3.8, 4) is 0 Å². The Morgan fingerprint density at radius 1 is 1.23 bits per heavy atom. The number of aromatic nitrogens is 4. The van der Waals surface area contributed by atoms with Crippen LogP contribution < -0.4 is 11.1 Å². The molecule has 2 aromatic carbocycles. The van der Waals surface area contributed by atoms with Gasteiger partial charge in [-0.2, -0.15) is 0 Å². The van der Waals surface area contributed by atoms with Crippen LogP contribution in [0.1, 0.15) is 30.3 Å². The first kappa shape index (κ1) is 16.7. The summed E-state index contributed by atoms with van der Waals surface area (Å²) in [5.74, 6) is 0.838. The molecule has 0 saturated heterocycles. The number of hydrogen-bond donors (Lipinski definition) is 2. The third kappa shape index (κ3) is 3.30. The molecule has 1 aromatic heterocycles. The molecule has 0 aliphatic carbocycles. The molecule has 0 spiro atoms. The number of hydrogen-bond acceptors (Lipinski definition) is 5. The van der Waals surface area contributed by atoms with Crippen molar-refractivity contribution in [3.63, 3.8) is 0 Å². The molecule has 26 heavy (non-hydrogen) atoms. The molecule has 1 aliphatic heterocycles. The van der Waals surface area contributed by atoms with Crippen molar-refractivity contribution < 1.29 is 4.79 Å². The molecule has 7 heteroatoms. The average molecular weight is 350 g/mol. The molecule has 1 amide bonds. The van der Waals surface area contributed by atoms with Crippen LogP contribution in [0.25, 0.3) is 10.8 Å². The van der Waals surface area contributed by atoms with E-state index >= 15 is 0 Å². The number of amides is 1. The van der Waals surface area contributed by atoms with Gasteiger partial charge in [0.1, 0.15) is 0 Å². The number of nitrogens with two attached hydrogens (primary N) is 1. The molecule has 3 N–H and O–H groups in total. The Kier molecular flexibility index (Phi) is 4.62. The minimum absolute atomic E-state index is 0.0484. The largest absolute Gasteiger partial charge is 0.348 e. The predicted molar refractivity (Wildman–Crippen MR) is 98.1 cm³/mol.